The molecule has 0 spiro atoms. The first-order chi connectivity index (χ1) is 15.5. The Kier molecular flexibility index (Phi) is 6.45. The Balaban J connectivity index is 1.69. The van der Waals surface area contributed by atoms with Crippen LogP contribution in [0.15, 0.2) is 42.5 Å². The molecule has 162 valence electrons. The molecule has 32 heavy (non-hydrogen) atoms. The number of hydrogen-bond donors (Lipinski definition) is 1. The van der Waals surface area contributed by atoms with Crippen molar-refractivity contribution in [3.05, 3.63) is 58.1 Å². The van der Waals surface area contributed by atoms with Gasteiger partial charge in [-0.3, -0.25) is 4.79 Å². The number of rotatable bonds is 7. The number of amides is 1. The normalized spacial score (nSPS) is 10.9. The summed E-state index contributed by atoms with van der Waals surface area (Å²) in [5, 5.41) is 13.5. The number of para-hydroxylation sites is 2. The summed E-state index contributed by atoms with van der Waals surface area (Å²) in [6.07, 6.45) is 1.79. The van der Waals surface area contributed by atoms with Crippen LogP contribution in [0.2, 0.25) is 10.0 Å². The lowest BCUT2D eigenvalue weighted by Gasteiger charge is -2.12. The SMILES string of the molecule is CCCCn1c(NC(=O)COc2ccc(Cl)cc2Cl)c(C#N)c2nc3ccccc3nc21. The molecule has 9 heteroatoms. The van der Waals surface area contributed by atoms with Crippen molar-refractivity contribution in [1.82, 2.24) is 14.5 Å². The van der Waals surface area contributed by atoms with E-state index in [9.17, 15) is 10.1 Å². The number of hydrogen-bond acceptors (Lipinski definition) is 5. The highest BCUT2D eigenvalue weighted by atomic mass is 35.5. The molecule has 0 radical (unpaired) electrons. The second kappa shape index (κ2) is 9.43. The third-order valence-corrected chi connectivity index (χ3v) is 5.44. The highest BCUT2D eigenvalue weighted by Gasteiger charge is 2.22. The van der Waals surface area contributed by atoms with Gasteiger partial charge in [-0.25, -0.2) is 9.97 Å². The number of fused-ring (bicyclic) bond motifs is 2. The van der Waals surface area contributed by atoms with Gasteiger partial charge in [-0.05, 0) is 36.8 Å². The van der Waals surface area contributed by atoms with Crippen molar-refractivity contribution in [3.8, 4) is 11.8 Å². The first-order valence-corrected chi connectivity index (χ1v) is 10.8. The Morgan fingerprint density at radius 1 is 1.19 bits per heavy atom. The number of unbranched alkanes of at least 4 members (excludes halogenated alkanes) is 1. The number of nitrogens with one attached hydrogen (secondary N) is 1. The third kappa shape index (κ3) is 4.33. The van der Waals surface area contributed by atoms with E-state index in [0.717, 1.165) is 18.4 Å². The lowest BCUT2D eigenvalue weighted by molar-refractivity contribution is -0.118. The smallest absolute Gasteiger partial charge is 0.263 e. The Labute approximate surface area is 194 Å². The summed E-state index contributed by atoms with van der Waals surface area (Å²) >= 11 is 12.0. The topological polar surface area (TPSA) is 92.8 Å². The molecule has 0 atom stereocenters. The second-order valence-corrected chi connectivity index (χ2v) is 7.98. The summed E-state index contributed by atoms with van der Waals surface area (Å²) in [7, 11) is 0. The summed E-state index contributed by atoms with van der Waals surface area (Å²) in [6.45, 7) is 2.37. The molecule has 0 unspecified atom stereocenters. The molecule has 2 aromatic carbocycles. The summed E-state index contributed by atoms with van der Waals surface area (Å²) in [5.74, 6) is 0.271. The third-order valence-electron chi connectivity index (χ3n) is 4.91. The highest BCUT2D eigenvalue weighted by Crippen LogP contribution is 2.30. The van der Waals surface area contributed by atoms with Crippen LogP contribution in [0.4, 0.5) is 5.82 Å². The number of nitriles is 1. The fourth-order valence-corrected chi connectivity index (χ4v) is 3.84. The Morgan fingerprint density at radius 2 is 1.94 bits per heavy atom. The fourth-order valence-electron chi connectivity index (χ4n) is 3.37. The molecule has 0 saturated carbocycles. The zero-order valence-corrected chi connectivity index (χ0v) is 18.7. The zero-order valence-electron chi connectivity index (χ0n) is 17.2. The minimum Gasteiger partial charge on any atom is -0.482 e. The fraction of sp³-hybridized carbons (Fsp3) is 0.217. The predicted octanol–water partition coefficient (Wildman–Crippen LogP) is 5.58. The van der Waals surface area contributed by atoms with E-state index >= 15 is 0 Å². The number of carbonyl (C=O) groups is 1. The summed E-state index contributed by atoms with van der Waals surface area (Å²) in [6, 6.07) is 14.4. The van der Waals surface area contributed by atoms with E-state index in [1.165, 1.54) is 6.07 Å². The van der Waals surface area contributed by atoms with Crippen LogP contribution in [0, 0.1) is 11.3 Å². The average molecular weight is 468 g/mol. The average Bonchev–Trinajstić information content (AvgIpc) is 3.06. The van der Waals surface area contributed by atoms with Crippen LogP contribution >= 0.6 is 23.2 Å². The maximum atomic E-state index is 12.7. The second-order valence-electron chi connectivity index (χ2n) is 7.14. The van der Waals surface area contributed by atoms with Gasteiger partial charge in [0.25, 0.3) is 5.91 Å². The molecule has 0 aliphatic heterocycles. The first kappa shape index (κ1) is 21.9. The Bertz CT molecular complexity index is 1360. The van der Waals surface area contributed by atoms with Gasteiger partial charge >= 0.3 is 0 Å². The monoisotopic (exact) mass is 467 g/mol. The van der Waals surface area contributed by atoms with Crippen molar-refractivity contribution in [2.75, 3.05) is 11.9 Å². The van der Waals surface area contributed by atoms with Gasteiger partial charge in [-0.2, -0.15) is 5.26 Å². The Hall–Kier alpha value is -3.34. The molecule has 0 bridgehead atoms. The highest BCUT2D eigenvalue weighted by molar-refractivity contribution is 6.35. The molecule has 0 aliphatic rings. The number of anilines is 1. The van der Waals surface area contributed by atoms with Crippen molar-refractivity contribution in [2.45, 2.75) is 26.3 Å². The number of halogens is 2. The maximum absolute atomic E-state index is 12.7. The van der Waals surface area contributed by atoms with Crippen molar-refractivity contribution in [1.29, 1.82) is 5.26 Å². The van der Waals surface area contributed by atoms with E-state index in [2.05, 4.69) is 23.3 Å². The van der Waals surface area contributed by atoms with Crippen LogP contribution in [-0.2, 0) is 11.3 Å². The lowest BCUT2D eigenvalue weighted by Crippen LogP contribution is -2.22. The van der Waals surface area contributed by atoms with Crippen LogP contribution in [0.25, 0.3) is 22.2 Å². The minimum absolute atomic E-state index is 0.271. The number of ether oxygens (including phenoxy) is 1. The molecule has 4 rings (SSSR count). The molecule has 0 aliphatic carbocycles. The van der Waals surface area contributed by atoms with Gasteiger partial charge < -0.3 is 14.6 Å². The van der Waals surface area contributed by atoms with E-state index < -0.39 is 5.91 Å². The first-order valence-electron chi connectivity index (χ1n) is 10.1. The van der Waals surface area contributed by atoms with Crippen molar-refractivity contribution < 1.29 is 9.53 Å². The number of carbonyl (C=O) groups excluding carboxylic acids is 1. The van der Waals surface area contributed by atoms with Crippen LogP contribution in [0.3, 0.4) is 0 Å². The van der Waals surface area contributed by atoms with Gasteiger partial charge in [-0.15, -0.1) is 0 Å². The van der Waals surface area contributed by atoms with Crippen LogP contribution in [0.1, 0.15) is 25.3 Å². The predicted molar refractivity (Wildman–Crippen MR) is 125 cm³/mol. The molecule has 1 N–H and O–H groups in total. The van der Waals surface area contributed by atoms with E-state index in [-0.39, 0.29) is 12.2 Å². The standard InChI is InChI=1S/C23H19Cl2N5O2/c1-2-3-10-30-22(29-20(31)13-32-19-9-8-14(24)11-16(19)25)15(12-26)21-23(30)28-18-7-5-4-6-17(18)27-21/h4-9,11H,2-3,10,13H2,1H3,(H,29,31). The maximum Gasteiger partial charge on any atom is 0.263 e. The van der Waals surface area contributed by atoms with E-state index in [4.69, 9.17) is 32.9 Å². The quantitative estimate of drug-likeness (QED) is 0.382. The molecule has 0 fully saturated rings. The Morgan fingerprint density at radius 3 is 2.62 bits per heavy atom. The van der Waals surface area contributed by atoms with Crippen LogP contribution in [0.5, 0.6) is 5.75 Å². The van der Waals surface area contributed by atoms with Gasteiger partial charge in [0.2, 0.25) is 0 Å². The largest absolute Gasteiger partial charge is 0.482 e. The van der Waals surface area contributed by atoms with Gasteiger partial charge in [-0.1, -0.05) is 48.7 Å². The van der Waals surface area contributed by atoms with Gasteiger partial charge in [0.1, 0.15) is 28.7 Å². The molecule has 4 aromatic rings. The van der Waals surface area contributed by atoms with Gasteiger partial charge in [0.15, 0.2) is 12.3 Å². The number of aryl methyl sites for hydroxylation is 1. The van der Waals surface area contributed by atoms with Crippen LogP contribution < -0.4 is 10.1 Å². The zero-order chi connectivity index (χ0) is 22.7. The van der Waals surface area contributed by atoms with Crippen molar-refractivity contribution in [2.24, 2.45) is 0 Å². The van der Waals surface area contributed by atoms with Gasteiger partial charge in [0, 0.05) is 11.6 Å². The number of nitrogens with zero attached hydrogens (tertiary/aromatic N) is 4. The summed E-state index contributed by atoms with van der Waals surface area (Å²) < 4.78 is 7.37. The molecule has 2 heterocycles. The summed E-state index contributed by atoms with van der Waals surface area (Å²) in [4.78, 5) is 22.1. The number of benzene rings is 2. The molecular formula is C23H19Cl2N5O2. The molecule has 7 nitrogen and oxygen atoms in total. The van der Waals surface area contributed by atoms with Gasteiger partial charge in [0.05, 0.1) is 16.1 Å². The van der Waals surface area contributed by atoms with E-state index in [0.29, 0.717) is 44.8 Å². The van der Waals surface area contributed by atoms with Crippen molar-refractivity contribution >= 4 is 57.1 Å². The summed E-state index contributed by atoms with van der Waals surface area (Å²) in [5.41, 5.74) is 2.69. The van der Waals surface area contributed by atoms with Crippen molar-refractivity contribution in [3.63, 3.8) is 0 Å². The lowest BCUT2D eigenvalue weighted by atomic mass is 10.2. The molecular weight excluding hydrogens is 449 g/mol. The molecule has 2 aromatic heterocycles. The molecule has 1 amide bonds. The molecule has 0 saturated heterocycles. The minimum atomic E-state index is -0.433. The van der Waals surface area contributed by atoms with Crippen LogP contribution in [-0.4, -0.2) is 27.0 Å². The van der Waals surface area contributed by atoms with E-state index in [1.807, 2.05) is 28.8 Å². The van der Waals surface area contributed by atoms with E-state index in [1.54, 1.807) is 12.1 Å². The number of aromatic nitrogens is 3.